The van der Waals surface area contributed by atoms with Gasteiger partial charge in [-0.25, -0.2) is 4.98 Å². The quantitative estimate of drug-likeness (QED) is 0.395. The van der Waals surface area contributed by atoms with E-state index in [-0.39, 0.29) is 5.97 Å². The number of hydrogen-bond acceptors (Lipinski definition) is 7. The Kier molecular flexibility index (Phi) is 8.59. The first-order chi connectivity index (χ1) is 13.7. The number of thioether (sulfide) groups is 1. The summed E-state index contributed by atoms with van der Waals surface area (Å²) in [6.07, 6.45) is 0.692. The van der Waals surface area contributed by atoms with Crippen molar-refractivity contribution in [1.82, 2.24) is 4.98 Å². The Labute approximate surface area is 178 Å². The Bertz CT molecular complexity index is 785. The van der Waals surface area contributed by atoms with E-state index in [1.807, 2.05) is 66.1 Å². The van der Waals surface area contributed by atoms with E-state index in [4.69, 9.17) is 13.9 Å². The Balaban J connectivity index is 1.78. The Morgan fingerprint density at radius 1 is 1.21 bits per heavy atom. The molecule has 2 aromatic rings. The van der Waals surface area contributed by atoms with E-state index in [0.717, 1.165) is 28.5 Å². The first-order valence-electron chi connectivity index (χ1n) is 9.87. The molecule has 0 unspecified atom stereocenters. The van der Waals surface area contributed by atoms with E-state index >= 15 is 0 Å². The monoisotopic (exact) mass is 420 g/mol. The second-order valence-electron chi connectivity index (χ2n) is 7.40. The molecule has 1 heterocycles. The number of hydrogen-bond donors (Lipinski definition) is 0. The number of esters is 1. The van der Waals surface area contributed by atoms with Crippen molar-refractivity contribution >= 4 is 23.4 Å². The average Bonchev–Trinajstić information content (AvgIpc) is 3.05. The summed E-state index contributed by atoms with van der Waals surface area (Å²) in [5, 5.41) is 0. The molecule has 0 aliphatic heterocycles. The van der Waals surface area contributed by atoms with E-state index in [1.165, 1.54) is 0 Å². The maximum absolute atomic E-state index is 11.9. The summed E-state index contributed by atoms with van der Waals surface area (Å²) >= 11 is 1.54. The first kappa shape index (κ1) is 23.3. The third-order valence-corrected chi connectivity index (χ3v) is 5.72. The van der Waals surface area contributed by atoms with Gasteiger partial charge in [0, 0.05) is 37.5 Å². The summed E-state index contributed by atoms with van der Waals surface area (Å²) in [4.78, 5) is 18.6. The number of anilines is 1. The Morgan fingerprint density at radius 2 is 1.90 bits per heavy atom. The lowest BCUT2D eigenvalue weighted by molar-refractivity contribution is -0.145. The number of carbonyl (C=O) groups excluding carboxylic acids is 1. The van der Waals surface area contributed by atoms with E-state index in [1.54, 1.807) is 11.8 Å². The normalized spacial score (nSPS) is 11.5. The van der Waals surface area contributed by atoms with Crippen LogP contribution in [0.15, 0.2) is 28.7 Å². The lowest BCUT2D eigenvalue weighted by atomic mass is 10.2. The molecule has 0 radical (unpaired) electrons. The minimum Gasteiger partial charge on any atom is -0.465 e. The molecule has 0 spiro atoms. The predicted molar refractivity (Wildman–Crippen MR) is 119 cm³/mol. The second-order valence-corrected chi connectivity index (χ2v) is 9.12. The maximum Gasteiger partial charge on any atom is 0.321 e. The van der Waals surface area contributed by atoms with Gasteiger partial charge in [-0.05, 0) is 52.0 Å². The molecule has 160 valence electrons. The highest BCUT2D eigenvalue weighted by atomic mass is 32.2. The van der Waals surface area contributed by atoms with Crippen LogP contribution in [0, 0.1) is 6.92 Å². The van der Waals surface area contributed by atoms with Crippen LogP contribution in [0.1, 0.15) is 32.2 Å². The van der Waals surface area contributed by atoms with Crippen molar-refractivity contribution in [1.29, 1.82) is 0 Å². The molecule has 0 fully saturated rings. The number of rotatable bonds is 11. The van der Waals surface area contributed by atoms with E-state index < -0.39 is 4.75 Å². The van der Waals surface area contributed by atoms with Crippen molar-refractivity contribution in [3.8, 4) is 11.5 Å². The van der Waals surface area contributed by atoms with E-state index in [2.05, 4.69) is 9.88 Å². The smallest absolute Gasteiger partial charge is 0.321 e. The van der Waals surface area contributed by atoms with Crippen molar-refractivity contribution in [3.63, 3.8) is 0 Å². The molecule has 0 amide bonds. The molecule has 0 atom stereocenters. The highest BCUT2D eigenvalue weighted by Crippen LogP contribution is 2.26. The lowest BCUT2D eigenvalue weighted by Gasteiger charge is -2.21. The molecular formula is C22H32N2O4S. The molecule has 0 aliphatic rings. The molecule has 0 bridgehead atoms. The van der Waals surface area contributed by atoms with Gasteiger partial charge >= 0.3 is 5.97 Å². The number of aromatic nitrogens is 1. The summed E-state index contributed by atoms with van der Waals surface area (Å²) in [6.45, 7) is 9.03. The van der Waals surface area contributed by atoms with Crippen LogP contribution in [-0.4, -0.2) is 55.4 Å². The third kappa shape index (κ3) is 6.78. The van der Waals surface area contributed by atoms with Gasteiger partial charge in [-0.2, -0.15) is 0 Å². The van der Waals surface area contributed by atoms with Gasteiger partial charge < -0.3 is 18.8 Å². The van der Waals surface area contributed by atoms with Gasteiger partial charge in [0.15, 0.2) is 0 Å². The molecule has 6 nitrogen and oxygen atoms in total. The minimum atomic E-state index is -0.556. The Hall–Kier alpha value is -1.99. The molecule has 1 aromatic heterocycles. The summed E-state index contributed by atoms with van der Waals surface area (Å²) in [5.41, 5.74) is 3.01. The highest BCUT2D eigenvalue weighted by molar-refractivity contribution is 8.01. The lowest BCUT2D eigenvalue weighted by Crippen LogP contribution is -2.31. The highest BCUT2D eigenvalue weighted by Gasteiger charge is 2.29. The maximum atomic E-state index is 11.9. The van der Waals surface area contributed by atoms with Crippen molar-refractivity contribution < 1.29 is 18.7 Å². The first-order valence-corrected chi connectivity index (χ1v) is 10.9. The summed E-state index contributed by atoms with van der Waals surface area (Å²) in [5.74, 6) is 2.00. The van der Waals surface area contributed by atoms with Crippen molar-refractivity contribution in [3.05, 3.63) is 35.7 Å². The van der Waals surface area contributed by atoms with Crippen LogP contribution in [-0.2, 0) is 20.7 Å². The fourth-order valence-corrected chi connectivity index (χ4v) is 3.56. The van der Waals surface area contributed by atoms with Gasteiger partial charge in [0.25, 0.3) is 0 Å². The summed E-state index contributed by atoms with van der Waals surface area (Å²) in [7, 11) is 4.03. The van der Waals surface area contributed by atoms with Gasteiger partial charge in [0.05, 0.1) is 25.5 Å². The van der Waals surface area contributed by atoms with Gasteiger partial charge in [0.2, 0.25) is 5.89 Å². The van der Waals surface area contributed by atoms with Crippen molar-refractivity contribution in [2.24, 2.45) is 0 Å². The summed E-state index contributed by atoms with van der Waals surface area (Å²) in [6, 6.07) is 8.13. The molecule has 0 aliphatic carbocycles. The van der Waals surface area contributed by atoms with Crippen LogP contribution in [0.4, 0.5) is 5.69 Å². The van der Waals surface area contributed by atoms with Crippen LogP contribution in [0.2, 0.25) is 0 Å². The number of ether oxygens (including phenoxy) is 2. The molecule has 2 rings (SSSR count). The number of nitrogens with zero attached hydrogens (tertiary/aromatic N) is 2. The summed E-state index contributed by atoms with van der Waals surface area (Å²) < 4.78 is 16.1. The molecule has 0 N–H and O–H groups in total. The number of carbonyl (C=O) groups is 1. The van der Waals surface area contributed by atoms with Gasteiger partial charge in [-0.15, -0.1) is 11.8 Å². The van der Waals surface area contributed by atoms with E-state index in [9.17, 15) is 4.79 Å². The van der Waals surface area contributed by atoms with Crippen LogP contribution < -0.4 is 4.90 Å². The standard InChI is InChI=1S/C22H32N2O4S/c1-7-27-21(25)22(3,4)29-15-14-26-13-12-19-16(2)28-20(23-19)17-8-10-18(11-9-17)24(5)6/h8-11H,7,12-15H2,1-6H3. The molecule has 0 saturated heterocycles. The largest absolute Gasteiger partial charge is 0.465 e. The second kappa shape index (κ2) is 10.7. The van der Waals surface area contributed by atoms with Crippen LogP contribution >= 0.6 is 11.8 Å². The number of aryl methyl sites for hydroxylation is 1. The topological polar surface area (TPSA) is 64.8 Å². The fraction of sp³-hybridized carbons (Fsp3) is 0.545. The Morgan fingerprint density at radius 3 is 2.52 bits per heavy atom. The molecular weight excluding hydrogens is 388 g/mol. The number of oxazole rings is 1. The van der Waals surface area contributed by atoms with Gasteiger partial charge in [0.1, 0.15) is 10.5 Å². The van der Waals surface area contributed by atoms with Gasteiger partial charge in [-0.1, -0.05) is 0 Å². The minimum absolute atomic E-state index is 0.186. The molecule has 1 aromatic carbocycles. The molecule has 0 saturated carbocycles. The zero-order valence-corrected chi connectivity index (χ0v) is 19.1. The van der Waals surface area contributed by atoms with Gasteiger partial charge in [-0.3, -0.25) is 4.79 Å². The zero-order valence-electron chi connectivity index (χ0n) is 18.3. The van der Waals surface area contributed by atoms with Crippen LogP contribution in [0.5, 0.6) is 0 Å². The fourth-order valence-electron chi connectivity index (χ4n) is 2.68. The van der Waals surface area contributed by atoms with E-state index in [0.29, 0.717) is 32.1 Å². The van der Waals surface area contributed by atoms with Crippen molar-refractivity contribution in [2.45, 2.75) is 38.9 Å². The zero-order chi connectivity index (χ0) is 21.4. The van der Waals surface area contributed by atoms with Crippen LogP contribution in [0.3, 0.4) is 0 Å². The van der Waals surface area contributed by atoms with Crippen LogP contribution in [0.25, 0.3) is 11.5 Å². The SMILES string of the molecule is CCOC(=O)C(C)(C)SCCOCCc1nc(-c2ccc(N(C)C)cc2)oc1C. The van der Waals surface area contributed by atoms with Crippen molar-refractivity contribution in [2.75, 3.05) is 44.6 Å². The number of benzene rings is 1. The molecule has 29 heavy (non-hydrogen) atoms. The predicted octanol–water partition coefficient (Wildman–Crippen LogP) is 4.35. The third-order valence-electron chi connectivity index (χ3n) is 4.46. The average molecular weight is 421 g/mol. The molecule has 7 heteroatoms.